The average Bonchev–Trinajstić information content (AvgIpc) is 3.20. The van der Waals surface area contributed by atoms with Crippen LogP contribution in [-0.2, 0) is 11.3 Å². The van der Waals surface area contributed by atoms with E-state index in [2.05, 4.69) is 4.98 Å². The van der Waals surface area contributed by atoms with Crippen LogP contribution in [-0.4, -0.2) is 52.8 Å². The fourth-order valence-corrected chi connectivity index (χ4v) is 4.09. The highest BCUT2D eigenvalue weighted by molar-refractivity contribution is 6.29. The maximum absolute atomic E-state index is 12.2. The predicted molar refractivity (Wildman–Crippen MR) is 133 cm³/mol. The summed E-state index contributed by atoms with van der Waals surface area (Å²) in [7, 11) is 3.46. The van der Waals surface area contributed by atoms with Crippen LogP contribution in [0.25, 0.3) is 5.57 Å². The smallest absolute Gasteiger partial charge is 0.205 e. The molecule has 0 bridgehead atoms. The van der Waals surface area contributed by atoms with E-state index < -0.39 is 6.04 Å². The van der Waals surface area contributed by atoms with Crippen LogP contribution in [0.2, 0.25) is 5.15 Å². The van der Waals surface area contributed by atoms with Gasteiger partial charge in [0.25, 0.3) is 0 Å². The van der Waals surface area contributed by atoms with Crippen LogP contribution >= 0.6 is 11.6 Å². The lowest BCUT2D eigenvalue weighted by Crippen LogP contribution is -2.33. The minimum Gasteiger partial charge on any atom is -0.497 e. The molecule has 1 atom stereocenters. The molecule has 1 aliphatic heterocycles. The van der Waals surface area contributed by atoms with E-state index in [9.17, 15) is 9.90 Å². The molecule has 2 aromatic carbocycles. The SMILES string of the molecule is COc1ccc(/C(C=O)=C(\O)N2/C(=N/Cc3ccccc3)N(C)CC2c2cccc(Cl)n2)cc1. The van der Waals surface area contributed by atoms with E-state index in [4.69, 9.17) is 21.3 Å². The zero-order valence-electron chi connectivity index (χ0n) is 18.9. The summed E-state index contributed by atoms with van der Waals surface area (Å²) in [5, 5.41) is 11.8. The molecule has 1 unspecified atom stereocenters. The fraction of sp³-hybridized carbons (Fsp3) is 0.192. The van der Waals surface area contributed by atoms with Crippen molar-refractivity contribution >= 4 is 29.4 Å². The van der Waals surface area contributed by atoms with Gasteiger partial charge in [0.15, 0.2) is 6.29 Å². The number of benzene rings is 2. The molecule has 174 valence electrons. The Morgan fingerprint density at radius 3 is 2.53 bits per heavy atom. The van der Waals surface area contributed by atoms with E-state index in [0.29, 0.717) is 47.5 Å². The van der Waals surface area contributed by atoms with Crippen molar-refractivity contribution in [2.24, 2.45) is 4.99 Å². The standard InChI is InChI=1S/C26H25ClN4O3/c1-30-16-23(22-9-6-10-24(27)29-22)31(26(30)28-15-18-7-4-3-5-8-18)25(33)21(17-32)19-11-13-20(34-2)14-12-19/h3-14,17,23,33H,15-16H2,1-2H3/b25-21-,28-26+. The van der Waals surface area contributed by atoms with Crippen molar-refractivity contribution in [3.05, 3.63) is 101 Å². The van der Waals surface area contributed by atoms with Gasteiger partial charge in [0.1, 0.15) is 10.9 Å². The second-order valence-corrected chi connectivity index (χ2v) is 8.22. The molecular weight excluding hydrogens is 452 g/mol. The van der Waals surface area contributed by atoms with Crippen molar-refractivity contribution in [2.75, 3.05) is 20.7 Å². The van der Waals surface area contributed by atoms with Crippen LogP contribution in [0, 0.1) is 0 Å². The number of pyridine rings is 1. The molecule has 8 heteroatoms. The molecule has 0 radical (unpaired) electrons. The molecule has 4 rings (SSSR count). The van der Waals surface area contributed by atoms with E-state index in [1.54, 1.807) is 42.3 Å². The molecule has 34 heavy (non-hydrogen) atoms. The van der Waals surface area contributed by atoms with Gasteiger partial charge in [-0.25, -0.2) is 9.98 Å². The first kappa shape index (κ1) is 23.3. The summed E-state index contributed by atoms with van der Waals surface area (Å²) in [4.78, 5) is 25.0. The van der Waals surface area contributed by atoms with Crippen LogP contribution in [0.4, 0.5) is 0 Å². The van der Waals surface area contributed by atoms with Crippen molar-refractivity contribution in [1.29, 1.82) is 0 Å². The van der Waals surface area contributed by atoms with Crippen LogP contribution in [0.3, 0.4) is 0 Å². The number of hydrogen-bond donors (Lipinski definition) is 1. The molecule has 3 aromatic rings. The Labute approximate surface area is 203 Å². The lowest BCUT2D eigenvalue weighted by atomic mass is 10.1. The molecule has 0 amide bonds. The summed E-state index contributed by atoms with van der Waals surface area (Å²) < 4.78 is 5.21. The van der Waals surface area contributed by atoms with Crippen molar-refractivity contribution < 1.29 is 14.6 Å². The summed E-state index contributed by atoms with van der Waals surface area (Å²) >= 11 is 6.16. The number of likely N-dealkylation sites (N-methyl/N-ethyl adjacent to an activating group) is 1. The van der Waals surface area contributed by atoms with Gasteiger partial charge < -0.3 is 14.7 Å². The third-order valence-electron chi connectivity index (χ3n) is 5.63. The van der Waals surface area contributed by atoms with Gasteiger partial charge in [-0.15, -0.1) is 0 Å². The van der Waals surface area contributed by atoms with Crippen LogP contribution in [0.5, 0.6) is 5.75 Å². The van der Waals surface area contributed by atoms with Crippen molar-refractivity contribution in [3.8, 4) is 5.75 Å². The number of rotatable bonds is 7. The Balaban J connectivity index is 1.81. The monoisotopic (exact) mass is 476 g/mol. The molecule has 0 saturated carbocycles. The zero-order valence-corrected chi connectivity index (χ0v) is 19.7. The summed E-state index contributed by atoms with van der Waals surface area (Å²) in [6, 6.07) is 21.7. The number of guanidine groups is 1. The number of carbonyl (C=O) groups excluding carboxylic acids is 1. The normalized spacial score (nSPS) is 17.6. The Morgan fingerprint density at radius 2 is 1.88 bits per heavy atom. The zero-order chi connectivity index (χ0) is 24.1. The third kappa shape index (κ3) is 4.89. The molecule has 1 aliphatic rings. The van der Waals surface area contributed by atoms with Gasteiger partial charge in [-0.3, -0.25) is 9.69 Å². The number of aliphatic hydroxyl groups excluding tert-OH is 1. The molecule has 1 aromatic heterocycles. The van der Waals surface area contributed by atoms with Crippen molar-refractivity contribution in [3.63, 3.8) is 0 Å². The van der Waals surface area contributed by atoms with Gasteiger partial charge in [-0.2, -0.15) is 0 Å². The van der Waals surface area contributed by atoms with Crippen LogP contribution in [0.15, 0.2) is 83.7 Å². The molecule has 1 fully saturated rings. The first-order chi connectivity index (χ1) is 16.5. The second kappa shape index (κ2) is 10.4. The van der Waals surface area contributed by atoms with Crippen molar-refractivity contribution in [2.45, 2.75) is 12.6 Å². The molecule has 0 spiro atoms. The lowest BCUT2D eigenvalue weighted by molar-refractivity contribution is -0.103. The van der Waals surface area contributed by atoms with Gasteiger partial charge in [0.2, 0.25) is 11.8 Å². The molecular formula is C26H25ClN4O3. The Bertz CT molecular complexity index is 1210. The van der Waals surface area contributed by atoms with Gasteiger partial charge in [0, 0.05) is 13.6 Å². The number of methoxy groups -OCH3 is 1. The summed E-state index contributed by atoms with van der Waals surface area (Å²) in [6.45, 7) is 0.915. The number of aliphatic hydroxyl groups is 1. The summed E-state index contributed by atoms with van der Waals surface area (Å²) in [6.07, 6.45) is 0.646. The van der Waals surface area contributed by atoms with Gasteiger partial charge in [0.05, 0.1) is 31.0 Å². The molecule has 7 nitrogen and oxygen atoms in total. The fourth-order valence-electron chi connectivity index (χ4n) is 3.92. The highest BCUT2D eigenvalue weighted by Gasteiger charge is 2.39. The number of carbonyl (C=O) groups is 1. The minimum atomic E-state index is -0.397. The molecule has 2 heterocycles. The first-order valence-corrected chi connectivity index (χ1v) is 11.1. The van der Waals surface area contributed by atoms with Gasteiger partial charge in [-0.05, 0) is 35.4 Å². The summed E-state index contributed by atoms with van der Waals surface area (Å²) in [5.74, 6) is 0.976. The quantitative estimate of drug-likeness (QED) is 0.230. The highest BCUT2D eigenvalue weighted by Crippen LogP contribution is 2.34. The van der Waals surface area contributed by atoms with Gasteiger partial charge >= 0.3 is 0 Å². The Morgan fingerprint density at radius 1 is 1.15 bits per heavy atom. The number of aliphatic imine (C=N–C) groups is 1. The van der Waals surface area contributed by atoms with E-state index in [1.807, 2.05) is 54.4 Å². The van der Waals surface area contributed by atoms with E-state index in [0.717, 1.165) is 5.56 Å². The number of hydrogen-bond acceptors (Lipinski definition) is 5. The number of allylic oxidation sites excluding steroid dienone is 1. The number of halogens is 1. The number of ether oxygens (including phenoxy) is 1. The Kier molecular flexibility index (Phi) is 7.13. The van der Waals surface area contributed by atoms with Crippen molar-refractivity contribution in [1.82, 2.24) is 14.8 Å². The highest BCUT2D eigenvalue weighted by atomic mass is 35.5. The third-order valence-corrected chi connectivity index (χ3v) is 5.84. The second-order valence-electron chi connectivity index (χ2n) is 7.84. The molecule has 1 saturated heterocycles. The lowest BCUT2D eigenvalue weighted by Gasteiger charge is -2.26. The topological polar surface area (TPSA) is 78.3 Å². The largest absolute Gasteiger partial charge is 0.497 e. The van der Waals surface area contributed by atoms with E-state index >= 15 is 0 Å². The Hall–Kier alpha value is -3.84. The minimum absolute atomic E-state index is 0.136. The molecule has 1 N–H and O–H groups in total. The van der Waals surface area contributed by atoms with Crippen LogP contribution in [0.1, 0.15) is 22.9 Å². The first-order valence-electron chi connectivity index (χ1n) is 10.8. The van der Waals surface area contributed by atoms with E-state index in [-0.39, 0.29) is 11.5 Å². The maximum atomic E-state index is 12.2. The van der Waals surface area contributed by atoms with Gasteiger partial charge in [-0.1, -0.05) is 60.1 Å². The van der Waals surface area contributed by atoms with Crippen LogP contribution < -0.4 is 4.74 Å². The summed E-state index contributed by atoms with van der Waals surface area (Å²) in [5.41, 5.74) is 2.39. The van der Waals surface area contributed by atoms with E-state index in [1.165, 1.54) is 0 Å². The molecule has 0 aliphatic carbocycles. The predicted octanol–water partition coefficient (Wildman–Crippen LogP) is 4.71. The number of aldehydes is 1. The average molecular weight is 477 g/mol. The number of nitrogens with zero attached hydrogens (tertiary/aromatic N) is 4. The maximum Gasteiger partial charge on any atom is 0.205 e. The number of aromatic nitrogens is 1.